The molecule has 0 unspecified atom stereocenters. The van der Waals surface area contributed by atoms with E-state index < -0.39 is 0 Å². The molecule has 3 aromatic rings. The molecule has 0 atom stereocenters. The smallest absolute Gasteiger partial charge is 0.199 e. The number of carbonyl (C=O) groups excluding carboxylic acids is 1. The number of ether oxygens (including phenoxy) is 2. The molecule has 0 aliphatic carbocycles. The first kappa shape index (κ1) is 14.1. The summed E-state index contributed by atoms with van der Waals surface area (Å²) in [5.41, 5.74) is 1.00. The van der Waals surface area contributed by atoms with Gasteiger partial charge in [0.25, 0.3) is 0 Å². The molecule has 0 N–H and O–H groups in total. The van der Waals surface area contributed by atoms with Crippen molar-refractivity contribution in [2.75, 3.05) is 14.2 Å². The number of hydrogen-bond acceptors (Lipinski definition) is 4. The first-order chi connectivity index (χ1) is 10.7. The van der Waals surface area contributed by atoms with Crippen molar-refractivity contribution in [3.63, 3.8) is 0 Å². The van der Waals surface area contributed by atoms with E-state index in [9.17, 15) is 4.79 Å². The first-order valence-corrected chi connectivity index (χ1v) is 6.84. The zero-order chi connectivity index (χ0) is 15.5. The van der Waals surface area contributed by atoms with Crippen LogP contribution in [0.15, 0.2) is 54.9 Å². The minimum absolute atomic E-state index is 0.139. The Bertz CT molecular complexity index is 837. The van der Waals surface area contributed by atoms with E-state index >= 15 is 0 Å². The third-order valence-corrected chi connectivity index (χ3v) is 3.56. The van der Waals surface area contributed by atoms with E-state index in [1.807, 2.05) is 24.3 Å². The van der Waals surface area contributed by atoms with Gasteiger partial charge in [-0.05, 0) is 23.6 Å². The Balaban J connectivity index is 2.18. The predicted molar refractivity (Wildman–Crippen MR) is 84.7 cm³/mol. The van der Waals surface area contributed by atoms with E-state index in [2.05, 4.69) is 4.98 Å². The zero-order valence-electron chi connectivity index (χ0n) is 12.4. The maximum Gasteiger partial charge on any atom is 0.199 e. The number of hydrogen-bond donors (Lipinski definition) is 0. The van der Waals surface area contributed by atoms with Crippen molar-refractivity contribution in [3.05, 3.63) is 66.0 Å². The highest BCUT2D eigenvalue weighted by molar-refractivity contribution is 6.17. The number of methoxy groups -OCH3 is 2. The SMILES string of the molecule is COc1ccc(OC)c(C(=O)c2cncc3ccccc23)c1. The van der Waals surface area contributed by atoms with Gasteiger partial charge in [-0.15, -0.1) is 0 Å². The minimum Gasteiger partial charge on any atom is -0.497 e. The van der Waals surface area contributed by atoms with Gasteiger partial charge in [0.05, 0.1) is 19.8 Å². The summed E-state index contributed by atoms with van der Waals surface area (Å²) in [7, 11) is 3.11. The van der Waals surface area contributed by atoms with Crippen LogP contribution in [0, 0.1) is 0 Å². The zero-order valence-corrected chi connectivity index (χ0v) is 12.4. The molecule has 3 rings (SSSR count). The lowest BCUT2D eigenvalue weighted by Crippen LogP contribution is -2.06. The summed E-state index contributed by atoms with van der Waals surface area (Å²) >= 11 is 0. The molecule has 0 fully saturated rings. The number of aromatic nitrogens is 1. The van der Waals surface area contributed by atoms with Crippen LogP contribution in [0.4, 0.5) is 0 Å². The fraction of sp³-hybridized carbons (Fsp3) is 0.111. The van der Waals surface area contributed by atoms with Gasteiger partial charge < -0.3 is 9.47 Å². The first-order valence-electron chi connectivity index (χ1n) is 6.84. The maximum absolute atomic E-state index is 12.9. The summed E-state index contributed by atoms with van der Waals surface area (Å²) in [4.78, 5) is 17.1. The van der Waals surface area contributed by atoms with E-state index in [1.54, 1.807) is 44.8 Å². The van der Waals surface area contributed by atoms with Crippen LogP contribution in [0.5, 0.6) is 11.5 Å². The van der Waals surface area contributed by atoms with Gasteiger partial charge in [0, 0.05) is 23.3 Å². The number of benzene rings is 2. The second-order valence-electron chi connectivity index (χ2n) is 4.80. The van der Waals surface area contributed by atoms with Crippen LogP contribution >= 0.6 is 0 Å². The monoisotopic (exact) mass is 293 g/mol. The Hall–Kier alpha value is -2.88. The predicted octanol–water partition coefficient (Wildman–Crippen LogP) is 3.48. The second-order valence-corrected chi connectivity index (χ2v) is 4.80. The molecule has 1 aromatic heterocycles. The van der Waals surface area contributed by atoms with E-state index in [0.29, 0.717) is 22.6 Å². The van der Waals surface area contributed by atoms with Gasteiger partial charge in [-0.3, -0.25) is 9.78 Å². The van der Waals surface area contributed by atoms with Crippen LogP contribution in [-0.2, 0) is 0 Å². The largest absolute Gasteiger partial charge is 0.497 e. The molecule has 0 spiro atoms. The summed E-state index contributed by atoms with van der Waals surface area (Å²) < 4.78 is 10.5. The number of ketones is 1. The summed E-state index contributed by atoms with van der Waals surface area (Å²) in [6.45, 7) is 0. The Morgan fingerprint density at radius 1 is 0.955 bits per heavy atom. The number of fused-ring (bicyclic) bond motifs is 1. The standard InChI is InChI=1S/C18H15NO3/c1-21-13-7-8-17(22-2)15(9-13)18(20)16-11-19-10-12-5-3-4-6-14(12)16/h3-11H,1-2H3. The Kier molecular flexibility index (Phi) is 3.74. The molecule has 110 valence electrons. The average molecular weight is 293 g/mol. The van der Waals surface area contributed by atoms with Gasteiger partial charge in [-0.2, -0.15) is 0 Å². The average Bonchev–Trinajstić information content (AvgIpc) is 2.60. The molecule has 0 amide bonds. The molecule has 0 radical (unpaired) electrons. The molecule has 0 bridgehead atoms. The highest BCUT2D eigenvalue weighted by Crippen LogP contribution is 2.28. The minimum atomic E-state index is -0.139. The molecule has 0 aliphatic heterocycles. The number of rotatable bonds is 4. The number of carbonyl (C=O) groups is 1. The van der Waals surface area contributed by atoms with Crippen molar-refractivity contribution in [1.82, 2.24) is 4.98 Å². The fourth-order valence-corrected chi connectivity index (χ4v) is 2.43. The van der Waals surface area contributed by atoms with Gasteiger partial charge in [-0.1, -0.05) is 24.3 Å². The van der Waals surface area contributed by atoms with E-state index in [-0.39, 0.29) is 5.78 Å². The molecule has 2 aromatic carbocycles. The number of pyridine rings is 1. The van der Waals surface area contributed by atoms with E-state index in [0.717, 1.165) is 10.8 Å². The van der Waals surface area contributed by atoms with Crippen molar-refractivity contribution < 1.29 is 14.3 Å². The van der Waals surface area contributed by atoms with E-state index in [4.69, 9.17) is 9.47 Å². The van der Waals surface area contributed by atoms with Crippen LogP contribution in [0.1, 0.15) is 15.9 Å². The highest BCUT2D eigenvalue weighted by Gasteiger charge is 2.18. The summed E-state index contributed by atoms with van der Waals surface area (Å²) in [6, 6.07) is 12.8. The van der Waals surface area contributed by atoms with Crippen molar-refractivity contribution in [2.45, 2.75) is 0 Å². The van der Waals surface area contributed by atoms with Crippen LogP contribution in [0.3, 0.4) is 0 Å². The summed E-state index contributed by atoms with van der Waals surface area (Å²) in [5, 5.41) is 1.79. The van der Waals surface area contributed by atoms with Crippen LogP contribution < -0.4 is 9.47 Å². The van der Waals surface area contributed by atoms with E-state index in [1.165, 1.54) is 0 Å². The molecule has 4 nitrogen and oxygen atoms in total. The molecule has 0 saturated carbocycles. The van der Waals surface area contributed by atoms with Gasteiger partial charge in [-0.25, -0.2) is 0 Å². The Morgan fingerprint density at radius 2 is 1.77 bits per heavy atom. The van der Waals surface area contributed by atoms with Crippen molar-refractivity contribution in [1.29, 1.82) is 0 Å². The van der Waals surface area contributed by atoms with Gasteiger partial charge in [0.1, 0.15) is 11.5 Å². The normalized spacial score (nSPS) is 10.5. The Morgan fingerprint density at radius 3 is 2.55 bits per heavy atom. The lowest BCUT2D eigenvalue weighted by molar-refractivity contribution is 0.103. The molecule has 0 aliphatic rings. The van der Waals surface area contributed by atoms with Crippen molar-refractivity contribution in [3.8, 4) is 11.5 Å². The summed E-state index contributed by atoms with van der Waals surface area (Å²) in [5.74, 6) is 0.983. The topological polar surface area (TPSA) is 48.4 Å². The lowest BCUT2D eigenvalue weighted by atomic mass is 9.99. The van der Waals surface area contributed by atoms with Gasteiger partial charge in [0.15, 0.2) is 5.78 Å². The number of nitrogens with zero attached hydrogens (tertiary/aromatic N) is 1. The highest BCUT2D eigenvalue weighted by atomic mass is 16.5. The molecule has 22 heavy (non-hydrogen) atoms. The lowest BCUT2D eigenvalue weighted by Gasteiger charge is -2.11. The van der Waals surface area contributed by atoms with Crippen LogP contribution in [-0.4, -0.2) is 25.0 Å². The fourth-order valence-electron chi connectivity index (χ4n) is 2.43. The van der Waals surface area contributed by atoms with Gasteiger partial charge in [0.2, 0.25) is 0 Å². The molecular formula is C18H15NO3. The van der Waals surface area contributed by atoms with Gasteiger partial charge >= 0.3 is 0 Å². The van der Waals surface area contributed by atoms with Crippen molar-refractivity contribution in [2.24, 2.45) is 0 Å². The molecular weight excluding hydrogens is 278 g/mol. The molecule has 4 heteroatoms. The Labute approximate surface area is 128 Å². The molecule has 0 saturated heterocycles. The van der Waals surface area contributed by atoms with Crippen LogP contribution in [0.25, 0.3) is 10.8 Å². The third-order valence-electron chi connectivity index (χ3n) is 3.56. The third kappa shape index (κ3) is 2.39. The molecule has 1 heterocycles. The summed E-state index contributed by atoms with van der Waals surface area (Å²) in [6.07, 6.45) is 3.33. The quantitative estimate of drug-likeness (QED) is 0.691. The maximum atomic E-state index is 12.9. The second kappa shape index (κ2) is 5.85. The van der Waals surface area contributed by atoms with Crippen molar-refractivity contribution >= 4 is 16.6 Å². The van der Waals surface area contributed by atoms with Crippen LogP contribution in [0.2, 0.25) is 0 Å².